The van der Waals surface area contributed by atoms with Crippen molar-refractivity contribution in [2.75, 3.05) is 13.2 Å². The molecule has 38 heavy (non-hydrogen) atoms. The van der Waals surface area contributed by atoms with Crippen molar-refractivity contribution in [3.8, 4) is 0 Å². The van der Waals surface area contributed by atoms with Crippen LogP contribution in [0, 0.1) is 5.92 Å². The Labute approximate surface area is 221 Å². The number of aromatic nitrogens is 1. The van der Waals surface area contributed by atoms with E-state index in [1.165, 1.54) is 0 Å². The number of carboxylic acid groups (broad SMARTS) is 1. The van der Waals surface area contributed by atoms with Gasteiger partial charge in [0.2, 0.25) is 17.7 Å². The summed E-state index contributed by atoms with van der Waals surface area (Å²) < 4.78 is 0. The molecule has 0 spiro atoms. The summed E-state index contributed by atoms with van der Waals surface area (Å²) in [6.45, 7) is 3.11. The monoisotopic (exact) mass is 532 g/mol. The number of rotatable bonds is 16. The summed E-state index contributed by atoms with van der Waals surface area (Å²) in [5.41, 5.74) is 13.5. The van der Waals surface area contributed by atoms with Crippen LogP contribution in [-0.4, -0.2) is 76.2 Å². The summed E-state index contributed by atoms with van der Waals surface area (Å²) in [6.07, 6.45) is 3.90. The maximum Gasteiger partial charge on any atom is 0.326 e. The third-order valence-electron chi connectivity index (χ3n) is 6.62. The Bertz CT molecular complexity index is 1090. The number of para-hydroxylation sites is 1. The van der Waals surface area contributed by atoms with Gasteiger partial charge in [0.05, 0.1) is 12.6 Å². The van der Waals surface area contributed by atoms with Gasteiger partial charge in [0.15, 0.2) is 0 Å². The molecule has 0 saturated carbocycles. The van der Waals surface area contributed by atoms with Gasteiger partial charge in [0.1, 0.15) is 18.1 Å². The van der Waals surface area contributed by atoms with Gasteiger partial charge in [-0.1, -0.05) is 38.5 Å². The van der Waals surface area contributed by atoms with E-state index in [4.69, 9.17) is 11.5 Å². The molecule has 1 aromatic heterocycles. The molecule has 0 saturated heterocycles. The lowest BCUT2D eigenvalue weighted by atomic mass is 9.99. The predicted molar refractivity (Wildman–Crippen MR) is 143 cm³/mol. The first-order valence-corrected chi connectivity index (χ1v) is 12.9. The molecule has 0 aliphatic carbocycles. The van der Waals surface area contributed by atoms with Crippen LogP contribution in [0.15, 0.2) is 30.5 Å². The summed E-state index contributed by atoms with van der Waals surface area (Å²) >= 11 is 0. The number of aliphatic hydroxyl groups is 1. The standard InChI is InChI=1S/C26H40N6O6/c1-3-15(2)22(26(37)38)32-25(36)21(14-33)31-24(35)20(10-6-7-11-27)30-23(34)18(28)12-16-13-29-19-9-5-4-8-17(16)19/h4-5,8-9,13,15,18,20-22,29,33H,3,6-7,10-12,14,27-28H2,1-2H3,(H,30,34)(H,31,35)(H,32,36)(H,37,38). The fourth-order valence-electron chi connectivity index (χ4n) is 4.07. The molecule has 0 aliphatic rings. The highest BCUT2D eigenvalue weighted by Crippen LogP contribution is 2.19. The van der Waals surface area contributed by atoms with Crippen molar-refractivity contribution in [2.24, 2.45) is 17.4 Å². The molecule has 5 unspecified atom stereocenters. The van der Waals surface area contributed by atoms with Crippen LogP contribution in [0.5, 0.6) is 0 Å². The number of benzene rings is 1. The molecule has 3 amide bonds. The van der Waals surface area contributed by atoms with Crippen molar-refractivity contribution in [3.05, 3.63) is 36.0 Å². The zero-order valence-corrected chi connectivity index (χ0v) is 21.9. The van der Waals surface area contributed by atoms with Crippen molar-refractivity contribution >= 4 is 34.6 Å². The van der Waals surface area contributed by atoms with E-state index >= 15 is 0 Å². The van der Waals surface area contributed by atoms with Gasteiger partial charge in [-0.3, -0.25) is 14.4 Å². The molecule has 0 fully saturated rings. The topological polar surface area (TPSA) is 213 Å². The Morgan fingerprint density at radius 2 is 1.66 bits per heavy atom. The predicted octanol–water partition coefficient (Wildman–Crippen LogP) is -0.256. The molecule has 12 nitrogen and oxygen atoms in total. The number of unbranched alkanes of at least 4 members (excludes halogenated alkanes) is 1. The van der Waals surface area contributed by atoms with Gasteiger partial charge in [0, 0.05) is 17.1 Å². The first-order valence-electron chi connectivity index (χ1n) is 12.9. The minimum Gasteiger partial charge on any atom is -0.480 e. The van der Waals surface area contributed by atoms with Crippen LogP contribution in [0.2, 0.25) is 0 Å². The molecule has 1 aromatic carbocycles. The number of fused-ring (bicyclic) bond motifs is 1. The molecule has 210 valence electrons. The Balaban J connectivity index is 2.08. The second kappa shape index (κ2) is 15.1. The van der Waals surface area contributed by atoms with Crippen LogP contribution < -0.4 is 27.4 Å². The fourth-order valence-corrected chi connectivity index (χ4v) is 4.07. The van der Waals surface area contributed by atoms with Crippen molar-refractivity contribution in [2.45, 2.75) is 70.1 Å². The van der Waals surface area contributed by atoms with E-state index in [2.05, 4.69) is 20.9 Å². The summed E-state index contributed by atoms with van der Waals surface area (Å²) in [5, 5.41) is 27.6. The number of aliphatic hydroxyl groups excluding tert-OH is 1. The van der Waals surface area contributed by atoms with E-state index in [1.54, 1.807) is 20.0 Å². The van der Waals surface area contributed by atoms with Gasteiger partial charge in [0.25, 0.3) is 0 Å². The maximum absolute atomic E-state index is 13.1. The van der Waals surface area contributed by atoms with Gasteiger partial charge in [-0.2, -0.15) is 0 Å². The summed E-state index contributed by atoms with van der Waals surface area (Å²) in [6, 6.07) is 3.06. The number of hydrogen-bond donors (Lipinski definition) is 8. The van der Waals surface area contributed by atoms with Crippen LogP contribution in [0.4, 0.5) is 0 Å². The van der Waals surface area contributed by atoms with E-state index in [9.17, 15) is 29.4 Å². The number of aliphatic carboxylic acids is 1. The maximum atomic E-state index is 13.1. The average Bonchev–Trinajstić information content (AvgIpc) is 3.31. The van der Waals surface area contributed by atoms with Crippen LogP contribution in [0.3, 0.4) is 0 Å². The largest absolute Gasteiger partial charge is 0.480 e. The summed E-state index contributed by atoms with van der Waals surface area (Å²) in [4.78, 5) is 53.3. The highest BCUT2D eigenvalue weighted by molar-refractivity contribution is 5.94. The number of carboxylic acids is 1. The molecular weight excluding hydrogens is 492 g/mol. The molecule has 1 heterocycles. The van der Waals surface area contributed by atoms with Crippen molar-refractivity contribution in [3.63, 3.8) is 0 Å². The number of nitrogens with two attached hydrogens (primary N) is 2. The second-order valence-electron chi connectivity index (χ2n) is 9.47. The number of aromatic amines is 1. The van der Waals surface area contributed by atoms with E-state index < -0.39 is 54.5 Å². The van der Waals surface area contributed by atoms with Gasteiger partial charge < -0.3 is 42.6 Å². The second-order valence-corrected chi connectivity index (χ2v) is 9.47. The molecule has 0 radical (unpaired) electrons. The molecule has 5 atom stereocenters. The third kappa shape index (κ3) is 8.54. The van der Waals surface area contributed by atoms with Crippen molar-refractivity contribution in [1.82, 2.24) is 20.9 Å². The Morgan fingerprint density at radius 1 is 1.00 bits per heavy atom. The number of nitrogens with one attached hydrogen (secondary N) is 4. The highest BCUT2D eigenvalue weighted by Gasteiger charge is 2.31. The van der Waals surface area contributed by atoms with Gasteiger partial charge in [-0.05, 0) is 49.8 Å². The zero-order chi connectivity index (χ0) is 28.2. The normalized spacial score (nSPS) is 15.2. The van der Waals surface area contributed by atoms with Crippen LogP contribution in [0.1, 0.15) is 45.1 Å². The van der Waals surface area contributed by atoms with Crippen LogP contribution in [-0.2, 0) is 25.6 Å². The number of H-pyrrole nitrogens is 1. The van der Waals surface area contributed by atoms with Gasteiger partial charge >= 0.3 is 5.97 Å². The molecule has 0 aliphatic heterocycles. The number of amides is 3. The highest BCUT2D eigenvalue weighted by atomic mass is 16.4. The van der Waals surface area contributed by atoms with E-state index in [0.717, 1.165) is 16.5 Å². The lowest BCUT2D eigenvalue weighted by Gasteiger charge is -2.25. The molecule has 0 bridgehead atoms. The van der Waals surface area contributed by atoms with Crippen LogP contribution in [0.25, 0.3) is 10.9 Å². The fraction of sp³-hybridized carbons (Fsp3) is 0.538. The molecule has 2 aromatic rings. The number of carbonyl (C=O) groups excluding carboxylic acids is 3. The quantitative estimate of drug-likeness (QED) is 0.135. The Morgan fingerprint density at radius 3 is 2.29 bits per heavy atom. The van der Waals surface area contributed by atoms with Crippen LogP contribution >= 0.6 is 0 Å². The zero-order valence-electron chi connectivity index (χ0n) is 21.9. The van der Waals surface area contributed by atoms with Gasteiger partial charge in [-0.15, -0.1) is 0 Å². The smallest absolute Gasteiger partial charge is 0.326 e. The van der Waals surface area contributed by atoms with Crippen molar-refractivity contribution < 1.29 is 29.4 Å². The SMILES string of the molecule is CCC(C)C(NC(=O)C(CO)NC(=O)C(CCCCN)NC(=O)C(N)Cc1c[nH]c2ccccc12)C(=O)O. The molecule has 12 heteroatoms. The van der Waals surface area contributed by atoms with Gasteiger partial charge in [-0.25, -0.2) is 4.79 Å². The van der Waals surface area contributed by atoms with Crippen molar-refractivity contribution in [1.29, 1.82) is 0 Å². The number of carbonyl (C=O) groups is 4. The minimum absolute atomic E-state index is 0.235. The third-order valence-corrected chi connectivity index (χ3v) is 6.62. The first kappa shape index (κ1) is 30.7. The lowest BCUT2D eigenvalue weighted by molar-refractivity contribution is -0.144. The number of hydrogen-bond acceptors (Lipinski definition) is 7. The summed E-state index contributed by atoms with van der Waals surface area (Å²) in [7, 11) is 0. The molecule has 2 rings (SSSR count). The average molecular weight is 533 g/mol. The summed E-state index contributed by atoms with van der Waals surface area (Å²) in [5.74, 6) is -3.66. The van der Waals surface area contributed by atoms with E-state index in [0.29, 0.717) is 25.8 Å². The minimum atomic E-state index is -1.40. The lowest BCUT2D eigenvalue weighted by Crippen LogP contribution is -2.58. The van der Waals surface area contributed by atoms with E-state index in [-0.39, 0.29) is 18.8 Å². The molecular formula is C26H40N6O6. The Kier molecular flexibility index (Phi) is 12.2. The first-order chi connectivity index (χ1) is 18.1. The van der Waals surface area contributed by atoms with E-state index in [1.807, 2.05) is 24.3 Å². The molecule has 10 N–H and O–H groups in total. The Hall–Kier alpha value is -3.48.